The molecule has 1 amide bonds. The van der Waals surface area contributed by atoms with Crippen LogP contribution in [0, 0.1) is 11.3 Å². The van der Waals surface area contributed by atoms with Crippen molar-refractivity contribution in [3.8, 4) is 6.07 Å². The van der Waals surface area contributed by atoms with Crippen LogP contribution in [0.15, 0.2) is 12.4 Å². The van der Waals surface area contributed by atoms with Crippen LogP contribution in [0.2, 0.25) is 0 Å². The molecule has 3 aliphatic heterocycles. The van der Waals surface area contributed by atoms with Gasteiger partial charge < -0.3 is 14.7 Å². The lowest BCUT2D eigenvalue weighted by Crippen LogP contribution is -2.66. The maximum atomic E-state index is 13.3. The molecule has 0 N–H and O–H groups in total. The number of carbonyl (C=O) groups is 1. The van der Waals surface area contributed by atoms with E-state index in [0.29, 0.717) is 37.7 Å². The number of fused-ring (bicyclic) bond motifs is 1. The Morgan fingerprint density at radius 3 is 2.35 bits per heavy atom. The molecule has 0 spiro atoms. The first-order valence-electron chi connectivity index (χ1n) is 12.8. The molecule has 214 valence electrons. The topological polar surface area (TPSA) is 136 Å². The van der Waals surface area contributed by atoms with Crippen LogP contribution < -0.4 is 9.80 Å². The highest BCUT2D eigenvalue weighted by atomic mass is 32.2. The Kier molecular flexibility index (Phi) is 6.29. The van der Waals surface area contributed by atoms with Gasteiger partial charge in [-0.25, -0.2) is 18.4 Å². The van der Waals surface area contributed by atoms with Crippen LogP contribution >= 0.6 is 0 Å². The molecule has 2 fully saturated rings. The molecule has 0 aromatic carbocycles. The van der Waals surface area contributed by atoms with Crippen molar-refractivity contribution in [2.45, 2.75) is 69.5 Å². The van der Waals surface area contributed by atoms with Gasteiger partial charge in [-0.15, -0.1) is 10.2 Å². The van der Waals surface area contributed by atoms with Crippen molar-refractivity contribution >= 4 is 33.2 Å². The largest absolute Gasteiger partial charge is 0.436 e. The van der Waals surface area contributed by atoms with E-state index in [4.69, 9.17) is 0 Å². The van der Waals surface area contributed by atoms with E-state index in [1.54, 1.807) is 15.9 Å². The molecule has 0 unspecified atom stereocenters. The molecule has 0 aliphatic carbocycles. The number of halogens is 3. The van der Waals surface area contributed by atoms with Gasteiger partial charge in [0.2, 0.25) is 5.91 Å². The summed E-state index contributed by atoms with van der Waals surface area (Å²) in [7, 11) is -3.47. The number of nitrogens with zero attached hydrogens (tertiary/aromatic N) is 8. The SMILES string of the molecule is C[C@@H]1CN(c2ncnc3c2C(C)(C)CN3c2cc(C#N)c(C(F)(F)F)nn2)[C@@H](C)CN1C(=O)[C@]1(C)CCS1(=O)=O. The van der Waals surface area contributed by atoms with E-state index < -0.39 is 37.4 Å². The quantitative estimate of drug-likeness (QED) is 0.535. The van der Waals surface area contributed by atoms with Gasteiger partial charge in [-0.1, -0.05) is 13.8 Å². The Bertz CT molecular complexity index is 1540. The van der Waals surface area contributed by atoms with E-state index in [1.165, 1.54) is 13.3 Å². The highest BCUT2D eigenvalue weighted by molar-refractivity contribution is 7.95. The second kappa shape index (κ2) is 8.98. The van der Waals surface area contributed by atoms with Crippen LogP contribution in [0.3, 0.4) is 0 Å². The second-order valence-electron chi connectivity index (χ2n) is 11.5. The van der Waals surface area contributed by atoms with Crippen LogP contribution in [-0.4, -0.2) is 81.6 Å². The number of anilines is 3. The Balaban J connectivity index is 1.48. The molecular formula is C25H29F3N8O3S. The smallest absolute Gasteiger partial charge is 0.350 e. The number of sulfone groups is 1. The van der Waals surface area contributed by atoms with Crippen LogP contribution in [0.5, 0.6) is 0 Å². The first kappa shape index (κ1) is 28.0. The molecule has 5 heterocycles. The fourth-order valence-corrected chi connectivity index (χ4v) is 7.30. The van der Waals surface area contributed by atoms with Crippen molar-refractivity contribution in [3.05, 3.63) is 29.2 Å². The maximum Gasteiger partial charge on any atom is 0.436 e. The van der Waals surface area contributed by atoms with Crippen molar-refractivity contribution in [2.24, 2.45) is 0 Å². The van der Waals surface area contributed by atoms with Gasteiger partial charge in [0.05, 0.1) is 11.3 Å². The molecule has 2 aromatic rings. The molecule has 0 bridgehead atoms. The monoisotopic (exact) mass is 578 g/mol. The summed E-state index contributed by atoms with van der Waals surface area (Å²) in [4.78, 5) is 27.7. The number of piperazine rings is 1. The average molecular weight is 579 g/mol. The lowest BCUT2D eigenvalue weighted by atomic mass is 9.87. The predicted molar refractivity (Wildman–Crippen MR) is 139 cm³/mol. The van der Waals surface area contributed by atoms with Gasteiger partial charge in [-0.3, -0.25) is 4.79 Å². The molecule has 2 aromatic heterocycles. The summed E-state index contributed by atoms with van der Waals surface area (Å²) in [6, 6.07) is 2.10. The molecule has 3 atom stereocenters. The highest BCUT2D eigenvalue weighted by Crippen LogP contribution is 2.47. The zero-order valence-electron chi connectivity index (χ0n) is 22.7. The summed E-state index contributed by atoms with van der Waals surface area (Å²) in [5.74, 6) is 0.752. The lowest BCUT2D eigenvalue weighted by molar-refractivity contribution is -0.142. The molecule has 40 heavy (non-hydrogen) atoms. The minimum atomic E-state index is -4.81. The second-order valence-corrected chi connectivity index (χ2v) is 14.1. The number of hydrogen-bond donors (Lipinski definition) is 0. The summed E-state index contributed by atoms with van der Waals surface area (Å²) >= 11 is 0. The first-order chi connectivity index (χ1) is 18.5. The first-order valence-corrected chi connectivity index (χ1v) is 14.4. The minimum absolute atomic E-state index is 0.0109. The number of nitriles is 1. The Morgan fingerprint density at radius 1 is 1.10 bits per heavy atom. The normalized spacial score (nSPS) is 27.1. The summed E-state index contributed by atoms with van der Waals surface area (Å²) in [6.07, 6.45) is -3.15. The van der Waals surface area contributed by atoms with E-state index in [0.717, 1.165) is 11.6 Å². The fourth-order valence-electron chi connectivity index (χ4n) is 5.77. The number of carbonyl (C=O) groups excluding carboxylic acids is 1. The molecular weight excluding hydrogens is 549 g/mol. The fraction of sp³-hybridized carbons (Fsp3) is 0.600. The van der Waals surface area contributed by atoms with Crippen molar-refractivity contribution in [1.29, 1.82) is 5.26 Å². The number of hydrogen-bond acceptors (Lipinski definition) is 10. The van der Waals surface area contributed by atoms with Crippen LogP contribution in [0.25, 0.3) is 0 Å². The molecule has 15 heteroatoms. The van der Waals surface area contributed by atoms with Crippen molar-refractivity contribution in [2.75, 3.05) is 35.2 Å². The molecule has 2 saturated heterocycles. The van der Waals surface area contributed by atoms with E-state index in [1.807, 2.05) is 27.7 Å². The molecule has 11 nitrogen and oxygen atoms in total. The zero-order chi connectivity index (χ0) is 29.4. The summed E-state index contributed by atoms with van der Waals surface area (Å²) in [6.45, 7) is 10.2. The number of amides is 1. The number of aromatic nitrogens is 4. The van der Waals surface area contributed by atoms with Gasteiger partial charge in [-0.2, -0.15) is 18.4 Å². The molecule has 5 rings (SSSR count). The van der Waals surface area contributed by atoms with E-state index in [-0.39, 0.29) is 29.6 Å². The Hall–Kier alpha value is -3.54. The molecule has 0 saturated carbocycles. The van der Waals surface area contributed by atoms with Crippen LogP contribution in [-0.2, 0) is 26.2 Å². The van der Waals surface area contributed by atoms with Gasteiger partial charge in [0.15, 0.2) is 21.3 Å². The van der Waals surface area contributed by atoms with E-state index >= 15 is 0 Å². The van der Waals surface area contributed by atoms with Gasteiger partial charge in [0.25, 0.3) is 0 Å². The average Bonchev–Trinajstić information content (AvgIpc) is 3.18. The van der Waals surface area contributed by atoms with Gasteiger partial charge in [0, 0.05) is 48.8 Å². The zero-order valence-corrected chi connectivity index (χ0v) is 23.5. The van der Waals surface area contributed by atoms with Gasteiger partial charge in [0.1, 0.15) is 28.8 Å². The standard InChI is InChI=1S/C25H29F3N8O3S/c1-14-11-35(22(37)24(5)6-7-40(24,38)39)15(2)10-34(14)20-18-21(31-13-30-20)36(12-23(18,3)4)17-8-16(9-29)19(33-32-17)25(26,27)28/h8,13-15H,6-7,10-12H2,1-5H3/t14-,15+,24-/m0/s1. The molecule has 0 radical (unpaired) electrons. The van der Waals surface area contributed by atoms with Crippen molar-refractivity contribution in [3.63, 3.8) is 0 Å². The minimum Gasteiger partial charge on any atom is -0.350 e. The number of alkyl halides is 3. The lowest BCUT2D eigenvalue weighted by Gasteiger charge is -2.49. The summed E-state index contributed by atoms with van der Waals surface area (Å²) in [5, 5.41) is 16.4. The Morgan fingerprint density at radius 2 is 1.77 bits per heavy atom. The third-order valence-corrected chi connectivity index (χ3v) is 10.7. The van der Waals surface area contributed by atoms with Gasteiger partial charge >= 0.3 is 6.18 Å². The van der Waals surface area contributed by atoms with Gasteiger partial charge in [-0.05, 0) is 27.2 Å². The third kappa shape index (κ3) is 4.15. The Labute approximate surface area is 229 Å². The predicted octanol–water partition coefficient (Wildman–Crippen LogP) is 2.59. The third-order valence-electron chi connectivity index (χ3n) is 8.25. The highest BCUT2D eigenvalue weighted by Gasteiger charge is 2.57. The summed E-state index contributed by atoms with van der Waals surface area (Å²) < 4.78 is 63.3. The van der Waals surface area contributed by atoms with Crippen LogP contribution in [0.4, 0.5) is 30.6 Å². The van der Waals surface area contributed by atoms with E-state index in [9.17, 15) is 31.6 Å². The van der Waals surface area contributed by atoms with E-state index in [2.05, 4.69) is 25.1 Å². The number of rotatable bonds is 3. The van der Waals surface area contributed by atoms with Crippen molar-refractivity contribution in [1.82, 2.24) is 25.1 Å². The molecule has 3 aliphatic rings. The van der Waals surface area contributed by atoms with Crippen molar-refractivity contribution < 1.29 is 26.4 Å². The maximum absolute atomic E-state index is 13.3. The van der Waals surface area contributed by atoms with Crippen LogP contribution in [0.1, 0.15) is 57.9 Å². The summed E-state index contributed by atoms with van der Waals surface area (Å²) in [5.41, 5.74) is -1.79.